The fourth-order valence-electron chi connectivity index (χ4n) is 11.6. The van der Waals surface area contributed by atoms with Crippen LogP contribution >= 0.6 is 0 Å². The lowest BCUT2D eigenvalue weighted by molar-refractivity contribution is 0.667. The van der Waals surface area contributed by atoms with Crippen molar-refractivity contribution in [2.45, 2.75) is 0 Å². The predicted molar refractivity (Wildman–Crippen MR) is 365 cm³/mol. The zero-order chi connectivity index (χ0) is 58.3. The number of pyridine rings is 1. The molecule has 0 amide bonds. The summed E-state index contributed by atoms with van der Waals surface area (Å²) in [4.78, 5) is 4.78. The van der Waals surface area contributed by atoms with Crippen molar-refractivity contribution in [3.63, 3.8) is 0 Å². The molecule has 12 rings (SSSR count). The van der Waals surface area contributed by atoms with E-state index in [1.54, 1.807) is 0 Å². The summed E-state index contributed by atoms with van der Waals surface area (Å²) in [6.45, 7) is 0. The van der Waals surface area contributed by atoms with Gasteiger partial charge < -0.3 is 13.6 Å². The average molecular weight is 939 g/mol. The molecule has 12 aromatic rings. The summed E-state index contributed by atoms with van der Waals surface area (Å²) in [5.41, 5.74) is -3.62. The highest BCUT2D eigenvalue weighted by molar-refractivity contribution is 6.76. The van der Waals surface area contributed by atoms with E-state index in [9.17, 15) is 0 Å². The van der Waals surface area contributed by atoms with Crippen molar-refractivity contribution in [1.82, 2.24) is 18.7 Å². The van der Waals surface area contributed by atoms with Crippen LogP contribution in [-0.4, -0.2) is 238 Å². The lowest BCUT2D eigenvalue weighted by Gasteiger charge is -2.24. The second kappa shape index (κ2) is 18.1. The maximum absolute atomic E-state index is 7.44. The Kier molecular flexibility index (Phi) is 12.5. The Morgan fingerprint density at radius 2 is 0.438 bits per heavy atom. The maximum atomic E-state index is 7.44. The van der Waals surface area contributed by atoms with E-state index in [1.807, 2.05) is 0 Å². The van der Waals surface area contributed by atoms with E-state index in [-0.39, 0.29) is 258 Å². The van der Waals surface area contributed by atoms with E-state index >= 15 is 0 Å². The summed E-state index contributed by atoms with van der Waals surface area (Å²) in [5.74, 6) is -0.190. The van der Waals surface area contributed by atoms with Gasteiger partial charge in [0.25, 0.3) is 0 Å². The van der Waals surface area contributed by atoms with E-state index in [1.165, 1.54) is 13.7 Å². The summed E-state index contributed by atoms with van der Waals surface area (Å²) in [6, 6.07) is 0. The smallest absolute Gasteiger partial charge is 0.181 e. The summed E-state index contributed by atoms with van der Waals surface area (Å²) in [7, 11) is 190. The third kappa shape index (κ3) is 6.56. The number of nitrogens with zero attached hydrogens (tertiary/aromatic N) is 4. The van der Waals surface area contributed by atoms with E-state index in [2.05, 4.69) is 0 Å². The molecule has 0 fully saturated rings. The van der Waals surface area contributed by atoms with Gasteiger partial charge in [0.05, 0.1) is 0 Å². The molecule has 33 heteroatoms. The van der Waals surface area contributed by atoms with Crippen molar-refractivity contribution < 1.29 is 4.42 Å². The number of rotatable bonds is 3. The first-order chi connectivity index (χ1) is 37.5. The molecule has 0 atom stereocenters. The molecule has 0 aliphatic carbocycles. The topological polar surface area (TPSA) is 40.8 Å². The molecule has 0 N–H and O–H groups in total. The van der Waals surface area contributed by atoms with Gasteiger partial charge in [-0.25, -0.2) is 4.98 Å². The predicted octanol–water partition coefficient (Wildman–Crippen LogP) is -21.5. The Labute approximate surface area is 497 Å². The van der Waals surface area contributed by atoms with Gasteiger partial charge in [0.1, 0.15) is 225 Å². The van der Waals surface area contributed by atoms with Crippen molar-refractivity contribution in [3.8, 4) is 17.2 Å². The molecule has 0 aliphatic heterocycles. The fraction of sp³-hybridized carbons (Fsp3) is 0. The van der Waals surface area contributed by atoms with Crippen LogP contribution in [0.5, 0.6) is 0 Å². The Morgan fingerprint density at radius 3 is 0.762 bits per heavy atom. The number of furan rings is 1. The van der Waals surface area contributed by atoms with Gasteiger partial charge in [-0.15, -0.1) is 54.6 Å². The van der Waals surface area contributed by atoms with Crippen LogP contribution in [0.1, 0.15) is 0 Å². The van der Waals surface area contributed by atoms with Crippen LogP contribution in [-0.2, 0) is 0 Å². The first kappa shape index (κ1) is 55.3. The molecule has 7 aromatic carbocycles. The Hall–Kier alpha value is -5.29. The van der Waals surface area contributed by atoms with Crippen LogP contribution < -0.4 is 153 Å². The highest BCUT2D eigenvalue weighted by Gasteiger charge is 2.32. The monoisotopic (exact) mass is 944 g/mol. The summed E-state index contributed by atoms with van der Waals surface area (Å²) in [5, 5.41) is 0.833. The zero-order valence-electron chi connectivity index (χ0n) is 41.9. The lowest BCUT2D eigenvalue weighted by atomic mass is 9.63. The van der Waals surface area contributed by atoms with E-state index < -0.39 is 0 Å². The number of benzene rings is 7. The molecule has 5 heterocycles. The highest BCUT2D eigenvalue weighted by atomic mass is 16.3. The molecule has 0 saturated carbocycles. The SMILES string of the molecule is [B]c1nc(-n2c3c([B])c([B])c([B])c([B])c3c3c([B])c(-n4c5c([B])c([B])c([B])c([B])c5c5c([B])c([B])c([B])c([B])c54)c([B])c([B])c32)c2oc3c([B])c([B])c(-n4c5c([B])c([B])c([B])c([B])c5c5c([B])c([B])c([B])c([B])c54)c([B])c3c2c1[B]. The van der Waals surface area contributed by atoms with Gasteiger partial charge in [0.15, 0.2) is 11.4 Å². The minimum absolute atomic E-state index is 0.00244. The maximum Gasteiger partial charge on any atom is 0.181 e. The minimum Gasteiger partial charge on any atom is -0.453 e. The third-order valence-corrected chi connectivity index (χ3v) is 15.7. The van der Waals surface area contributed by atoms with Gasteiger partial charge in [-0.05, 0) is 32.5 Å². The molecular formula is C47B28N4O. The molecule has 298 valence electrons. The van der Waals surface area contributed by atoms with E-state index in [4.69, 9.17) is 229 Å². The Bertz CT molecular complexity index is 4900. The highest BCUT2D eigenvalue weighted by Crippen LogP contribution is 2.36. The van der Waals surface area contributed by atoms with Gasteiger partial charge in [-0.2, -0.15) is 0 Å². The average Bonchev–Trinajstić information content (AvgIpc) is 4.23. The second-order valence-corrected chi connectivity index (χ2v) is 19.5. The number of fused-ring (bicyclic) bond motifs is 12. The summed E-state index contributed by atoms with van der Waals surface area (Å²) < 4.78 is 11.0. The summed E-state index contributed by atoms with van der Waals surface area (Å²) >= 11 is 0. The van der Waals surface area contributed by atoms with Gasteiger partial charge >= 0.3 is 0 Å². The lowest BCUT2D eigenvalue weighted by Crippen LogP contribution is -2.49. The second-order valence-electron chi connectivity index (χ2n) is 19.5. The molecule has 80 heavy (non-hydrogen) atoms. The van der Waals surface area contributed by atoms with Crippen LogP contribution in [0.2, 0.25) is 0 Å². The molecule has 0 aliphatic rings. The third-order valence-electron chi connectivity index (χ3n) is 15.7. The molecule has 56 radical (unpaired) electrons. The number of hydrogen-bond acceptors (Lipinski definition) is 2. The van der Waals surface area contributed by atoms with Crippen LogP contribution in [0.25, 0.3) is 105 Å². The van der Waals surface area contributed by atoms with Crippen LogP contribution in [0.15, 0.2) is 4.42 Å². The fourth-order valence-corrected chi connectivity index (χ4v) is 11.6. The first-order valence-electron chi connectivity index (χ1n) is 23.5. The first-order valence-corrected chi connectivity index (χ1v) is 23.5. The van der Waals surface area contributed by atoms with Gasteiger partial charge in [-0.1, -0.05) is 92.9 Å². The number of hydrogen-bond donors (Lipinski definition) is 0. The van der Waals surface area contributed by atoms with Crippen molar-refractivity contribution in [2.75, 3.05) is 0 Å². The van der Waals surface area contributed by atoms with Crippen molar-refractivity contribution >= 4 is 460 Å². The van der Waals surface area contributed by atoms with Crippen molar-refractivity contribution in [2.24, 2.45) is 0 Å². The largest absolute Gasteiger partial charge is 0.453 e. The van der Waals surface area contributed by atoms with Crippen LogP contribution in [0.4, 0.5) is 0 Å². The van der Waals surface area contributed by atoms with Gasteiger partial charge in [-0.3, -0.25) is 4.57 Å². The quantitative estimate of drug-likeness (QED) is 0.166. The Morgan fingerprint density at radius 1 is 0.200 bits per heavy atom. The van der Waals surface area contributed by atoms with Crippen molar-refractivity contribution in [1.29, 1.82) is 0 Å². The van der Waals surface area contributed by atoms with Gasteiger partial charge in [0.2, 0.25) is 0 Å². The molecule has 0 saturated heterocycles. The molecule has 5 nitrogen and oxygen atoms in total. The van der Waals surface area contributed by atoms with Crippen LogP contribution in [0, 0.1) is 0 Å². The van der Waals surface area contributed by atoms with E-state index in [0.29, 0.717) is 0 Å². The normalized spacial score (nSPS) is 12.2. The zero-order valence-corrected chi connectivity index (χ0v) is 41.9. The minimum atomic E-state index is -0.301. The molecule has 0 spiro atoms. The van der Waals surface area contributed by atoms with E-state index in [0.717, 1.165) is 0 Å². The van der Waals surface area contributed by atoms with Gasteiger partial charge in [0, 0.05) is 60.6 Å². The summed E-state index contributed by atoms with van der Waals surface area (Å²) in [6.07, 6.45) is 0. The molecule has 0 unspecified atom stereocenters. The Balaban J connectivity index is 1.28. The molecule has 0 bridgehead atoms. The molecular weight excluding hydrogens is 939 g/mol. The standard InChI is InChI=1S/C47B28N4O/c48-9-1-2-10(49)18(57)23(62)28(67)37(2)77(36(1)27(66)22(61)17(9)56)42-14(53)6-5-13(52)21(60)26(65)31(70)40(5)79(41(6)32(71)33(42)72)47-45-8(16(55)46(75)76-47)7-15(54)43(34(73)35(74)44(7)80-45)78-38-3(11(50)19(58)24(63)29(38)68)4-12(51)20(59)25(64)30(69)39(4)78. The van der Waals surface area contributed by atoms with Crippen molar-refractivity contribution in [3.05, 3.63) is 0 Å². The number of aromatic nitrogens is 4. The molecule has 5 aromatic heterocycles. The van der Waals surface area contributed by atoms with Crippen LogP contribution in [0.3, 0.4) is 0 Å².